The van der Waals surface area contributed by atoms with Gasteiger partial charge in [0.05, 0.1) is 26.4 Å². The molecule has 0 amide bonds. The van der Waals surface area contributed by atoms with E-state index in [9.17, 15) is 0 Å². The van der Waals surface area contributed by atoms with Crippen LogP contribution in [0.1, 0.15) is 0 Å². The smallest absolute Gasteiger partial charge is 0.382 e. The minimum absolute atomic E-state index is 0.429. The summed E-state index contributed by atoms with van der Waals surface area (Å²) in [6.45, 7) is 1.86. The van der Waals surface area contributed by atoms with E-state index in [4.69, 9.17) is 22.8 Å². The summed E-state index contributed by atoms with van der Waals surface area (Å²) < 4.78 is 27.3. The van der Waals surface area contributed by atoms with Crippen LogP contribution in [-0.2, 0) is 22.8 Å². The molecule has 0 aliphatic heterocycles. The van der Waals surface area contributed by atoms with Crippen LogP contribution in [0.25, 0.3) is 0 Å². The third-order valence-corrected chi connectivity index (χ3v) is 5.30. The first kappa shape index (κ1) is 16.3. The summed E-state index contributed by atoms with van der Waals surface area (Å²) in [5.41, 5.74) is 0. The summed E-state index contributed by atoms with van der Waals surface area (Å²) in [5.74, 6) is 0. The predicted molar refractivity (Wildman–Crippen MR) is 74.5 cm³/mol. The van der Waals surface area contributed by atoms with Gasteiger partial charge in [-0.05, 0) is 0 Å². The fourth-order valence-corrected chi connectivity index (χ4v) is 3.80. The van der Waals surface area contributed by atoms with Gasteiger partial charge in [-0.3, -0.25) is 0 Å². The lowest BCUT2D eigenvalue weighted by Gasteiger charge is -2.28. The van der Waals surface area contributed by atoms with E-state index in [0.717, 1.165) is 5.19 Å². The van der Waals surface area contributed by atoms with Crippen LogP contribution in [0.15, 0.2) is 30.3 Å². The molecule has 1 rings (SSSR count). The highest BCUT2D eigenvalue weighted by atomic mass is 28.4. The molecule has 0 aliphatic rings. The summed E-state index contributed by atoms with van der Waals surface area (Å²) >= 11 is 0. The molecule has 19 heavy (non-hydrogen) atoms. The lowest BCUT2D eigenvalue weighted by molar-refractivity contribution is 0.0467. The molecule has 0 aromatic heterocycles. The Labute approximate surface area is 115 Å². The molecule has 0 aliphatic carbocycles. The van der Waals surface area contributed by atoms with Gasteiger partial charge in [-0.25, -0.2) is 0 Å². The number of methoxy groups -OCH3 is 2. The topological polar surface area (TPSA) is 46.2 Å². The van der Waals surface area contributed by atoms with Gasteiger partial charge in [0.2, 0.25) is 0 Å². The molecule has 6 heteroatoms. The van der Waals surface area contributed by atoms with E-state index in [1.807, 2.05) is 30.3 Å². The second-order valence-corrected chi connectivity index (χ2v) is 6.48. The van der Waals surface area contributed by atoms with Crippen LogP contribution >= 0.6 is 0 Å². The van der Waals surface area contributed by atoms with Crippen LogP contribution in [0.4, 0.5) is 0 Å². The normalized spacial score (nSPS) is 11.7. The molecule has 0 saturated carbocycles. The summed E-state index contributed by atoms with van der Waals surface area (Å²) in [6.07, 6.45) is 0. The highest BCUT2D eigenvalue weighted by molar-refractivity contribution is 6.75. The number of ether oxygens (including phenoxy) is 2. The van der Waals surface area contributed by atoms with Crippen molar-refractivity contribution in [3.8, 4) is 0 Å². The average Bonchev–Trinajstić information content (AvgIpc) is 2.47. The van der Waals surface area contributed by atoms with E-state index >= 15 is 0 Å². The maximum atomic E-state index is 5.87. The molecule has 0 heterocycles. The van der Waals surface area contributed by atoms with Crippen molar-refractivity contribution in [2.45, 2.75) is 0 Å². The SMILES string of the molecule is COCCO[Si](OC)(OCCOC)c1ccccc1. The van der Waals surface area contributed by atoms with Crippen LogP contribution in [0.5, 0.6) is 0 Å². The van der Waals surface area contributed by atoms with Crippen molar-refractivity contribution in [1.29, 1.82) is 0 Å². The van der Waals surface area contributed by atoms with Crippen molar-refractivity contribution >= 4 is 14.0 Å². The molecule has 1 aromatic rings. The van der Waals surface area contributed by atoms with Crippen molar-refractivity contribution in [3.63, 3.8) is 0 Å². The maximum Gasteiger partial charge on any atom is 0.537 e. The molecule has 0 spiro atoms. The van der Waals surface area contributed by atoms with Gasteiger partial charge in [0.25, 0.3) is 0 Å². The van der Waals surface area contributed by atoms with Crippen molar-refractivity contribution in [1.82, 2.24) is 0 Å². The minimum atomic E-state index is -2.88. The first-order valence-corrected chi connectivity index (χ1v) is 7.88. The van der Waals surface area contributed by atoms with E-state index in [-0.39, 0.29) is 0 Å². The molecule has 0 saturated heterocycles. The molecular weight excluding hydrogens is 264 g/mol. The van der Waals surface area contributed by atoms with Gasteiger partial charge in [0.15, 0.2) is 0 Å². The summed E-state index contributed by atoms with van der Waals surface area (Å²) in [5, 5.41) is 0.935. The lowest BCUT2D eigenvalue weighted by Crippen LogP contribution is -2.57. The fraction of sp³-hybridized carbons (Fsp3) is 0.538. The standard InChI is InChI=1S/C13H22O5Si/c1-14-9-11-17-19(16-3,18-12-10-15-2)13-7-5-4-6-8-13/h4-8H,9-12H2,1-3H3. The molecule has 5 nitrogen and oxygen atoms in total. The Morgan fingerprint density at radius 2 is 1.32 bits per heavy atom. The minimum Gasteiger partial charge on any atom is -0.382 e. The third kappa shape index (κ3) is 5.02. The molecule has 0 N–H and O–H groups in total. The number of benzene rings is 1. The fourth-order valence-electron chi connectivity index (χ4n) is 1.61. The molecule has 1 aromatic carbocycles. The van der Waals surface area contributed by atoms with Gasteiger partial charge in [-0.1, -0.05) is 30.3 Å². The Morgan fingerprint density at radius 1 is 0.789 bits per heavy atom. The Morgan fingerprint density at radius 3 is 1.74 bits per heavy atom. The van der Waals surface area contributed by atoms with Crippen LogP contribution < -0.4 is 5.19 Å². The Hall–Kier alpha value is -0.763. The zero-order chi connectivity index (χ0) is 14.0. The average molecular weight is 286 g/mol. The number of rotatable bonds is 10. The van der Waals surface area contributed by atoms with Crippen LogP contribution in [0.2, 0.25) is 0 Å². The Bertz CT molecular complexity index is 323. The highest BCUT2D eigenvalue weighted by Gasteiger charge is 2.42. The molecule has 0 fully saturated rings. The van der Waals surface area contributed by atoms with Gasteiger partial charge < -0.3 is 22.8 Å². The maximum absolute atomic E-state index is 5.87. The quantitative estimate of drug-likeness (QED) is 0.470. The van der Waals surface area contributed by atoms with Crippen molar-refractivity contribution in [2.24, 2.45) is 0 Å². The van der Waals surface area contributed by atoms with E-state index in [2.05, 4.69) is 0 Å². The van der Waals surface area contributed by atoms with E-state index in [0.29, 0.717) is 26.4 Å². The lowest BCUT2D eigenvalue weighted by atomic mass is 10.4. The molecule has 108 valence electrons. The van der Waals surface area contributed by atoms with Crippen molar-refractivity contribution in [2.75, 3.05) is 47.8 Å². The van der Waals surface area contributed by atoms with Crippen LogP contribution in [-0.4, -0.2) is 56.6 Å². The summed E-state index contributed by atoms with van der Waals surface area (Å²) in [7, 11) is 2.00. The van der Waals surface area contributed by atoms with E-state index in [1.165, 1.54) is 0 Å². The monoisotopic (exact) mass is 286 g/mol. The summed E-state index contributed by atoms with van der Waals surface area (Å²) in [4.78, 5) is 0. The largest absolute Gasteiger partial charge is 0.537 e. The van der Waals surface area contributed by atoms with Crippen LogP contribution in [0.3, 0.4) is 0 Å². The molecule has 0 unspecified atom stereocenters. The third-order valence-electron chi connectivity index (χ3n) is 2.56. The second-order valence-electron chi connectivity index (χ2n) is 3.81. The number of hydrogen-bond donors (Lipinski definition) is 0. The Kier molecular flexibility index (Phi) is 7.88. The zero-order valence-electron chi connectivity index (χ0n) is 11.8. The second kappa shape index (κ2) is 9.19. The van der Waals surface area contributed by atoms with Gasteiger partial charge in [0, 0.05) is 26.5 Å². The van der Waals surface area contributed by atoms with Crippen molar-refractivity contribution < 1.29 is 22.8 Å². The van der Waals surface area contributed by atoms with E-state index in [1.54, 1.807) is 21.3 Å². The van der Waals surface area contributed by atoms with Gasteiger partial charge in [0.1, 0.15) is 0 Å². The molecule has 0 atom stereocenters. The molecular formula is C13H22O5Si. The van der Waals surface area contributed by atoms with Gasteiger partial charge >= 0.3 is 8.80 Å². The highest BCUT2D eigenvalue weighted by Crippen LogP contribution is 2.09. The predicted octanol–water partition coefficient (Wildman–Crippen LogP) is 0.805. The molecule has 0 radical (unpaired) electrons. The Balaban J connectivity index is 2.79. The first-order chi connectivity index (χ1) is 9.29. The first-order valence-electron chi connectivity index (χ1n) is 6.15. The zero-order valence-corrected chi connectivity index (χ0v) is 12.8. The number of hydrogen-bond acceptors (Lipinski definition) is 5. The molecule has 0 bridgehead atoms. The van der Waals surface area contributed by atoms with Gasteiger partial charge in [-0.2, -0.15) is 0 Å². The van der Waals surface area contributed by atoms with Gasteiger partial charge in [-0.15, -0.1) is 0 Å². The summed E-state index contributed by atoms with van der Waals surface area (Å²) in [6, 6.07) is 9.73. The van der Waals surface area contributed by atoms with E-state index < -0.39 is 8.80 Å². The van der Waals surface area contributed by atoms with Crippen molar-refractivity contribution in [3.05, 3.63) is 30.3 Å². The van der Waals surface area contributed by atoms with Crippen LogP contribution in [0, 0.1) is 0 Å².